The van der Waals surface area contributed by atoms with Crippen molar-refractivity contribution in [2.75, 3.05) is 6.61 Å². The Morgan fingerprint density at radius 3 is 2.31 bits per heavy atom. The van der Waals surface area contributed by atoms with Crippen LogP contribution in [-0.4, -0.2) is 37.4 Å². The number of carbonyl (C=O) groups excluding carboxylic acids is 1. The van der Waals surface area contributed by atoms with E-state index < -0.39 is 16.1 Å². The maximum Gasteiger partial charge on any atom is 0.324 e. The molecule has 1 aliphatic heterocycles. The van der Waals surface area contributed by atoms with Crippen molar-refractivity contribution >= 4 is 16.0 Å². The average Bonchev–Trinajstić information content (AvgIpc) is 3.34. The second-order valence-corrected chi connectivity index (χ2v) is 9.87. The number of ether oxygens (including phenoxy) is 1. The van der Waals surface area contributed by atoms with Gasteiger partial charge in [0.15, 0.2) is 0 Å². The topological polar surface area (TPSA) is 63.7 Å². The third-order valence-corrected chi connectivity index (χ3v) is 7.84. The van der Waals surface area contributed by atoms with Gasteiger partial charge in [-0.25, -0.2) is 8.42 Å². The van der Waals surface area contributed by atoms with E-state index in [-0.39, 0.29) is 23.7 Å². The van der Waals surface area contributed by atoms with E-state index in [1.54, 1.807) is 0 Å². The van der Waals surface area contributed by atoms with Crippen LogP contribution >= 0.6 is 0 Å². The minimum Gasteiger partial charge on any atom is -0.464 e. The molecule has 0 aromatic heterocycles. The van der Waals surface area contributed by atoms with Crippen LogP contribution in [-0.2, 0) is 31.7 Å². The highest BCUT2D eigenvalue weighted by atomic mass is 32.2. The maximum absolute atomic E-state index is 13.1. The van der Waals surface area contributed by atoms with E-state index in [4.69, 9.17) is 4.74 Å². The predicted octanol–water partition coefficient (Wildman–Crippen LogP) is 3.55. The van der Waals surface area contributed by atoms with Gasteiger partial charge in [-0.1, -0.05) is 60.7 Å². The third kappa shape index (κ3) is 4.54. The Morgan fingerprint density at radius 1 is 0.966 bits per heavy atom. The van der Waals surface area contributed by atoms with Gasteiger partial charge in [0.2, 0.25) is 10.0 Å². The first kappa shape index (κ1) is 20.1. The molecule has 2 aromatic rings. The molecule has 154 valence electrons. The lowest BCUT2D eigenvalue weighted by Gasteiger charge is -2.32. The Hall–Kier alpha value is -2.18. The van der Waals surface area contributed by atoms with Crippen molar-refractivity contribution in [3.8, 4) is 0 Å². The summed E-state index contributed by atoms with van der Waals surface area (Å²) in [4.78, 5) is 12.8. The standard InChI is InChI=1S/C23H27NO4S/c25-23(28-15-7-12-18-8-3-1-4-9-18)22-20-13-14-21(16-20)24(22)29(26,27)17-19-10-5-2-6-11-19/h1-6,8-11,20-22H,7,12-17H2/t20-,21+,22+/m0/s1. The van der Waals surface area contributed by atoms with Crippen molar-refractivity contribution in [2.45, 2.75) is 49.9 Å². The van der Waals surface area contributed by atoms with Gasteiger partial charge in [-0.3, -0.25) is 4.79 Å². The molecule has 2 aliphatic rings. The minimum absolute atomic E-state index is 0.0735. The summed E-state index contributed by atoms with van der Waals surface area (Å²) in [6.07, 6.45) is 4.05. The number of sulfonamides is 1. The molecule has 4 rings (SSSR count). The van der Waals surface area contributed by atoms with Crippen molar-refractivity contribution in [3.63, 3.8) is 0 Å². The number of hydrogen-bond acceptors (Lipinski definition) is 4. The van der Waals surface area contributed by atoms with Crippen molar-refractivity contribution in [2.24, 2.45) is 5.92 Å². The fourth-order valence-corrected chi connectivity index (χ4v) is 6.69. The number of piperidine rings is 1. The molecule has 2 bridgehead atoms. The Bertz CT molecular complexity index is 930. The fraction of sp³-hybridized carbons (Fsp3) is 0.435. The molecule has 1 heterocycles. The van der Waals surface area contributed by atoms with E-state index in [0.717, 1.165) is 37.7 Å². The number of fused-ring (bicyclic) bond motifs is 2. The zero-order valence-electron chi connectivity index (χ0n) is 16.4. The van der Waals surface area contributed by atoms with E-state index in [1.165, 1.54) is 9.87 Å². The Morgan fingerprint density at radius 2 is 1.62 bits per heavy atom. The van der Waals surface area contributed by atoms with Gasteiger partial charge in [0, 0.05) is 6.04 Å². The fourth-order valence-electron chi connectivity index (χ4n) is 4.68. The number of aryl methyl sites for hydroxylation is 1. The monoisotopic (exact) mass is 413 g/mol. The second kappa shape index (κ2) is 8.67. The lowest BCUT2D eigenvalue weighted by molar-refractivity contribution is -0.149. The van der Waals surface area contributed by atoms with E-state index in [0.29, 0.717) is 6.61 Å². The third-order valence-electron chi connectivity index (χ3n) is 5.98. The number of carbonyl (C=O) groups is 1. The van der Waals surface area contributed by atoms with E-state index >= 15 is 0 Å². The molecule has 0 spiro atoms. The van der Waals surface area contributed by atoms with Gasteiger partial charge in [-0.15, -0.1) is 0 Å². The van der Waals surface area contributed by atoms with Crippen LogP contribution in [0.15, 0.2) is 60.7 Å². The summed E-state index contributed by atoms with van der Waals surface area (Å²) in [6.45, 7) is 0.314. The molecular weight excluding hydrogens is 386 g/mol. The molecule has 1 saturated carbocycles. The molecule has 3 atom stereocenters. The highest BCUT2D eigenvalue weighted by Crippen LogP contribution is 2.45. The van der Waals surface area contributed by atoms with Gasteiger partial charge < -0.3 is 4.74 Å². The van der Waals surface area contributed by atoms with E-state index in [1.807, 2.05) is 48.5 Å². The molecule has 1 saturated heterocycles. The summed E-state index contributed by atoms with van der Waals surface area (Å²) in [5.41, 5.74) is 1.95. The largest absolute Gasteiger partial charge is 0.464 e. The van der Waals surface area contributed by atoms with Crippen molar-refractivity contribution in [1.82, 2.24) is 4.31 Å². The Kier molecular flexibility index (Phi) is 6.01. The minimum atomic E-state index is -3.58. The van der Waals surface area contributed by atoms with Gasteiger partial charge >= 0.3 is 5.97 Å². The number of benzene rings is 2. The van der Waals surface area contributed by atoms with E-state index in [9.17, 15) is 13.2 Å². The van der Waals surface area contributed by atoms with Gasteiger partial charge in [0.05, 0.1) is 12.4 Å². The molecule has 5 nitrogen and oxygen atoms in total. The first-order valence-electron chi connectivity index (χ1n) is 10.3. The number of rotatable bonds is 8. The zero-order valence-corrected chi connectivity index (χ0v) is 17.3. The smallest absolute Gasteiger partial charge is 0.324 e. The van der Waals surface area contributed by atoms with E-state index in [2.05, 4.69) is 12.1 Å². The summed E-state index contributed by atoms with van der Waals surface area (Å²) in [5, 5.41) is 0. The predicted molar refractivity (Wildman–Crippen MR) is 112 cm³/mol. The Balaban J connectivity index is 1.39. The summed E-state index contributed by atoms with van der Waals surface area (Å²) in [6, 6.07) is 18.5. The van der Waals surface area contributed by atoms with Gasteiger partial charge in [0.25, 0.3) is 0 Å². The molecule has 0 N–H and O–H groups in total. The van der Waals surface area contributed by atoms with Crippen LogP contribution in [0.4, 0.5) is 0 Å². The second-order valence-electron chi connectivity index (χ2n) is 8.00. The van der Waals surface area contributed by atoms with Crippen LogP contribution in [0.3, 0.4) is 0 Å². The summed E-state index contributed by atoms with van der Waals surface area (Å²) in [5.74, 6) is -0.386. The van der Waals surface area contributed by atoms with Gasteiger partial charge in [-0.05, 0) is 49.1 Å². The van der Waals surface area contributed by atoms with Crippen molar-refractivity contribution in [3.05, 3.63) is 71.8 Å². The van der Waals surface area contributed by atoms with Gasteiger partial charge in [-0.2, -0.15) is 4.31 Å². The molecule has 2 aromatic carbocycles. The summed E-state index contributed by atoms with van der Waals surface area (Å²) >= 11 is 0. The molecule has 0 unspecified atom stereocenters. The maximum atomic E-state index is 13.1. The first-order valence-corrected chi connectivity index (χ1v) is 11.9. The molecule has 29 heavy (non-hydrogen) atoms. The van der Waals surface area contributed by atoms with Crippen molar-refractivity contribution < 1.29 is 17.9 Å². The molecule has 6 heteroatoms. The lowest BCUT2D eigenvalue weighted by atomic mass is 10.0. The molecule has 2 fully saturated rings. The van der Waals surface area contributed by atoms with Crippen LogP contribution in [0.1, 0.15) is 36.8 Å². The van der Waals surface area contributed by atoms with Crippen molar-refractivity contribution in [1.29, 1.82) is 0 Å². The SMILES string of the molecule is O=C(OCCCc1ccccc1)[C@H]1[C@H]2CC[C@H](C2)N1S(=O)(=O)Cc1ccccc1. The highest BCUT2D eigenvalue weighted by Gasteiger charge is 2.54. The van der Waals surface area contributed by atoms with Crippen LogP contribution in [0.25, 0.3) is 0 Å². The Labute approximate surface area is 172 Å². The van der Waals surface area contributed by atoms with Crippen LogP contribution in [0.5, 0.6) is 0 Å². The van der Waals surface area contributed by atoms with Crippen LogP contribution < -0.4 is 0 Å². The molecular formula is C23H27NO4S. The lowest BCUT2D eigenvalue weighted by Crippen LogP contribution is -2.50. The van der Waals surface area contributed by atoms with Crippen LogP contribution in [0.2, 0.25) is 0 Å². The normalized spacial score (nSPS) is 23.9. The average molecular weight is 414 g/mol. The number of esters is 1. The highest BCUT2D eigenvalue weighted by molar-refractivity contribution is 7.88. The zero-order chi connectivity index (χ0) is 20.3. The number of nitrogens with zero attached hydrogens (tertiary/aromatic N) is 1. The molecule has 0 radical (unpaired) electrons. The summed E-state index contributed by atoms with van der Waals surface area (Å²) in [7, 11) is -3.58. The molecule has 0 amide bonds. The number of hydrogen-bond donors (Lipinski definition) is 0. The first-order chi connectivity index (χ1) is 14.0. The summed E-state index contributed by atoms with van der Waals surface area (Å²) < 4.78 is 33.3. The van der Waals surface area contributed by atoms with Gasteiger partial charge in [0.1, 0.15) is 6.04 Å². The quantitative estimate of drug-likeness (QED) is 0.490. The molecule has 1 aliphatic carbocycles. The van der Waals surface area contributed by atoms with Crippen LogP contribution in [0, 0.1) is 5.92 Å².